The van der Waals surface area contributed by atoms with Gasteiger partial charge >= 0.3 is 0 Å². The number of nitrogens with one attached hydrogen (secondary N) is 1. The van der Waals surface area contributed by atoms with E-state index in [4.69, 9.17) is 0 Å². The lowest BCUT2D eigenvalue weighted by Crippen LogP contribution is -2.40. The van der Waals surface area contributed by atoms with Crippen molar-refractivity contribution in [1.82, 2.24) is 14.9 Å². The Morgan fingerprint density at radius 1 is 1.20 bits per heavy atom. The van der Waals surface area contributed by atoms with E-state index in [1.165, 1.54) is 49.0 Å². The largest absolute Gasteiger partial charge is 0.367 e. The van der Waals surface area contributed by atoms with Gasteiger partial charge in [-0.25, -0.2) is 9.97 Å². The van der Waals surface area contributed by atoms with Crippen LogP contribution in [0.25, 0.3) is 10.2 Å². The first-order valence-electron chi connectivity index (χ1n) is 7.51. The van der Waals surface area contributed by atoms with Crippen LogP contribution in [0.5, 0.6) is 0 Å². The highest BCUT2D eigenvalue weighted by Crippen LogP contribution is 2.31. The summed E-state index contributed by atoms with van der Waals surface area (Å²) in [4.78, 5) is 13.9. The molecule has 2 fully saturated rings. The molecule has 0 spiro atoms. The minimum atomic E-state index is 0.559. The number of rotatable bonds is 3. The van der Waals surface area contributed by atoms with Gasteiger partial charge in [0.25, 0.3) is 0 Å². The molecule has 106 valence electrons. The van der Waals surface area contributed by atoms with Gasteiger partial charge in [0.05, 0.1) is 5.39 Å². The lowest BCUT2D eigenvalue weighted by molar-refractivity contribution is 0.210. The highest BCUT2D eigenvalue weighted by atomic mass is 32.1. The Labute approximate surface area is 123 Å². The predicted octanol–water partition coefficient (Wildman–Crippen LogP) is 3.04. The fourth-order valence-corrected chi connectivity index (χ4v) is 3.98. The summed E-state index contributed by atoms with van der Waals surface area (Å²) in [6.07, 6.45) is 6.97. The number of anilines is 1. The van der Waals surface area contributed by atoms with Gasteiger partial charge in [0.1, 0.15) is 17.0 Å². The lowest BCUT2D eigenvalue weighted by atomic mass is 10.0. The van der Waals surface area contributed by atoms with Crippen molar-refractivity contribution in [2.45, 2.75) is 44.7 Å². The Morgan fingerprint density at radius 2 is 2.00 bits per heavy atom. The molecule has 4 rings (SSSR count). The van der Waals surface area contributed by atoms with Crippen LogP contribution < -0.4 is 5.32 Å². The molecule has 0 radical (unpaired) electrons. The van der Waals surface area contributed by atoms with Crippen molar-refractivity contribution in [1.29, 1.82) is 0 Å². The molecule has 5 heteroatoms. The molecular formula is C15H20N4S. The smallest absolute Gasteiger partial charge is 0.138 e. The van der Waals surface area contributed by atoms with Gasteiger partial charge in [-0.15, -0.1) is 11.3 Å². The Morgan fingerprint density at radius 3 is 2.75 bits per heavy atom. The summed E-state index contributed by atoms with van der Waals surface area (Å²) in [5.41, 5.74) is 0. The van der Waals surface area contributed by atoms with Crippen LogP contribution in [0.1, 0.15) is 30.6 Å². The first kappa shape index (κ1) is 12.5. The van der Waals surface area contributed by atoms with Gasteiger partial charge in [-0.3, -0.25) is 0 Å². The normalized spacial score (nSPS) is 21.4. The maximum absolute atomic E-state index is 4.45. The van der Waals surface area contributed by atoms with Crippen molar-refractivity contribution >= 4 is 27.4 Å². The van der Waals surface area contributed by atoms with E-state index >= 15 is 0 Å². The number of hydrogen-bond donors (Lipinski definition) is 1. The zero-order valence-corrected chi connectivity index (χ0v) is 12.6. The third kappa shape index (κ3) is 2.40. The van der Waals surface area contributed by atoms with Gasteiger partial charge in [0.2, 0.25) is 0 Å². The molecular weight excluding hydrogens is 268 g/mol. The zero-order valence-electron chi connectivity index (χ0n) is 11.8. The quantitative estimate of drug-likeness (QED) is 0.942. The third-order valence-electron chi connectivity index (χ3n) is 4.39. The molecule has 0 bridgehead atoms. The minimum absolute atomic E-state index is 0.559. The molecule has 2 aromatic rings. The number of nitrogens with zero attached hydrogens (tertiary/aromatic N) is 3. The summed E-state index contributed by atoms with van der Waals surface area (Å²) in [6.45, 7) is 4.60. The van der Waals surface area contributed by atoms with E-state index < -0.39 is 0 Å². The fraction of sp³-hybridized carbons (Fsp3) is 0.600. The molecule has 2 aliphatic rings. The molecule has 0 unspecified atom stereocenters. The number of hydrogen-bond acceptors (Lipinski definition) is 5. The minimum Gasteiger partial charge on any atom is -0.367 e. The van der Waals surface area contributed by atoms with Crippen LogP contribution in [-0.2, 0) is 0 Å². The van der Waals surface area contributed by atoms with Crippen LogP contribution in [0.2, 0.25) is 0 Å². The average Bonchev–Trinajstić information content (AvgIpc) is 3.22. The number of piperidine rings is 1. The van der Waals surface area contributed by atoms with Crippen molar-refractivity contribution < 1.29 is 0 Å². The van der Waals surface area contributed by atoms with E-state index in [1.807, 2.05) is 0 Å². The molecule has 2 aromatic heterocycles. The second-order valence-corrected chi connectivity index (χ2v) is 7.22. The number of aryl methyl sites for hydroxylation is 1. The zero-order chi connectivity index (χ0) is 13.5. The summed E-state index contributed by atoms with van der Waals surface area (Å²) < 4.78 is 0. The van der Waals surface area contributed by atoms with Gasteiger partial charge < -0.3 is 10.2 Å². The van der Waals surface area contributed by atoms with E-state index in [0.717, 1.165) is 16.7 Å². The third-order valence-corrected chi connectivity index (χ3v) is 5.34. The second-order valence-electron chi connectivity index (χ2n) is 5.98. The molecule has 20 heavy (non-hydrogen) atoms. The molecule has 0 aromatic carbocycles. The summed E-state index contributed by atoms with van der Waals surface area (Å²) in [5, 5.41) is 4.83. The highest BCUT2D eigenvalue weighted by Gasteiger charge is 2.31. The topological polar surface area (TPSA) is 41.0 Å². The second kappa shape index (κ2) is 4.97. The Bertz CT molecular complexity index is 611. The molecule has 1 N–H and O–H groups in total. The number of likely N-dealkylation sites (tertiary alicyclic amines) is 1. The van der Waals surface area contributed by atoms with E-state index in [0.29, 0.717) is 6.04 Å². The van der Waals surface area contributed by atoms with Crippen molar-refractivity contribution in [3.63, 3.8) is 0 Å². The average molecular weight is 288 g/mol. The molecule has 4 nitrogen and oxygen atoms in total. The van der Waals surface area contributed by atoms with Gasteiger partial charge in [-0.1, -0.05) is 0 Å². The van der Waals surface area contributed by atoms with E-state index in [1.54, 1.807) is 17.7 Å². The van der Waals surface area contributed by atoms with Gasteiger partial charge in [0, 0.05) is 30.1 Å². The van der Waals surface area contributed by atoms with Crippen molar-refractivity contribution in [2.24, 2.45) is 0 Å². The van der Waals surface area contributed by atoms with E-state index in [9.17, 15) is 0 Å². The molecule has 0 amide bonds. The maximum Gasteiger partial charge on any atom is 0.138 e. The van der Waals surface area contributed by atoms with Crippen molar-refractivity contribution in [3.05, 3.63) is 17.3 Å². The van der Waals surface area contributed by atoms with E-state index in [2.05, 4.69) is 33.2 Å². The number of aromatic nitrogens is 2. The number of thiophene rings is 1. The molecule has 1 saturated heterocycles. The summed E-state index contributed by atoms with van der Waals surface area (Å²) in [6, 6.07) is 3.66. The Balaban J connectivity index is 1.47. The lowest BCUT2D eigenvalue weighted by Gasteiger charge is -2.32. The molecule has 1 aliphatic carbocycles. The first-order chi connectivity index (χ1) is 9.79. The number of fused-ring (bicyclic) bond motifs is 1. The van der Waals surface area contributed by atoms with Crippen LogP contribution in [-0.4, -0.2) is 40.0 Å². The Hall–Kier alpha value is -1.20. The van der Waals surface area contributed by atoms with Crippen molar-refractivity contribution in [2.75, 3.05) is 18.4 Å². The fourth-order valence-electron chi connectivity index (χ4n) is 3.13. The molecule has 1 saturated carbocycles. The Kier molecular flexibility index (Phi) is 3.11. The van der Waals surface area contributed by atoms with Crippen LogP contribution in [0.15, 0.2) is 12.4 Å². The SMILES string of the molecule is Cc1cc2c(NC3CCN(C4CC4)CC3)ncnc2s1. The molecule has 1 aliphatic heterocycles. The van der Waals surface area contributed by atoms with Crippen LogP contribution in [0, 0.1) is 6.92 Å². The van der Waals surface area contributed by atoms with Crippen LogP contribution >= 0.6 is 11.3 Å². The van der Waals surface area contributed by atoms with Gasteiger partial charge in [-0.05, 0) is 38.7 Å². The van der Waals surface area contributed by atoms with E-state index in [-0.39, 0.29) is 0 Å². The van der Waals surface area contributed by atoms with Crippen LogP contribution in [0.4, 0.5) is 5.82 Å². The highest BCUT2D eigenvalue weighted by molar-refractivity contribution is 7.18. The molecule has 0 atom stereocenters. The van der Waals surface area contributed by atoms with Crippen molar-refractivity contribution in [3.8, 4) is 0 Å². The first-order valence-corrected chi connectivity index (χ1v) is 8.33. The predicted molar refractivity (Wildman–Crippen MR) is 83.4 cm³/mol. The van der Waals surface area contributed by atoms with Crippen LogP contribution in [0.3, 0.4) is 0 Å². The summed E-state index contributed by atoms with van der Waals surface area (Å²) in [7, 11) is 0. The summed E-state index contributed by atoms with van der Waals surface area (Å²) in [5.74, 6) is 1.02. The monoisotopic (exact) mass is 288 g/mol. The summed E-state index contributed by atoms with van der Waals surface area (Å²) >= 11 is 1.74. The maximum atomic E-state index is 4.45. The van der Waals surface area contributed by atoms with Gasteiger partial charge in [-0.2, -0.15) is 0 Å². The molecule has 3 heterocycles. The van der Waals surface area contributed by atoms with Gasteiger partial charge in [0.15, 0.2) is 0 Å². The standard InChI is InChI=1S/C15H20N4S/c1-10-8-13-14(16-9-17-15(13)20-10)18-11-4-6-19(7-5-11)12-2-3-12/h8-9,11-12H,2-7H2,1H3,(H,16,17,18).